The second-order valence-electron chi connectivity index (χ2n) is 2.06. The van der Waals surface area contributed by atoms with Crippen molar-refractivity contribution in [3.63, 3.8) is 0 Å². The normalized spacial score (nSPS) is 14.2. The Hall–Kier alpha value is 0.0562. The van der Waals surface area contributed by atoms with E-state index in [0.717, 1.165) is 11.8 Å². The van der Waals surface area contributed by atoms with E-state index in [1.165, 1.54) is 13.8 Å². The molecule has 2 atom stereocenters. The van der Waals surface area contributed by atoms with Crippen molar-refractivity contribution in [3.05, 3.63) is 0 Å². The maximum Gasteiger partial charge on any atom is 2.00 e. The Morgan fingerprint density at radius 2 is 1.33 bits per heavy atom. The number of aliphatic carboxylic acids is 2. The van der Waals surface area contributed by atoms with E-state index in [0.29, 0.717) is 0 Å². The Balaban J connectivity index is 0. The molecule has 0 aromatic rings. The fourth-order valence-electron chi connectivity index (χ4n) is 0.417. The van der Waals surface area contributed by atoms with Gasteiger partial charge in [-0.3, -0.25) is 0 Å². The van der Waals surface area contributed by atoms with Crippen molar-refractivity contribution in [1.82, 2.24) is 0 Å². The minimum absolute atomic E-state index is 0. The van der Waals surface area contributed by atoms with Gasteiger partial charge >= 0.3 is 23.1 Å². The van der Waals surface area contributed by atoms with Crippen molar-refractivity contribution in [2.75, 3.05) is 0 Å². The third-order valence-electron chi connectivity index (χ3n) is 1.07. The molecule has 0 heterocycles. The zero-order valence-corrected chi connectivity index (χ0v) is 9.13. The molecule has 0 radical (unpaired) electrons. The summed E-state index contributed by atoms with van der Waals surface area (Å²) in [4.78, 5) is 20.2. The molecule has 4 nitrogen and oxygen atoms in total. The van der Waals surface area contributed by atoms with Crippen LogP contribution in [0.25, 0.3) is 0 Å². The molecule has 0 aromatic carbocycles. The molecule has 2 unspecified atom stereocenters. The molecular formula is C6H8MgO4S. The number of carboxylic acid groups (broad SMARTS) is 2. The first kappa shape index (κ1) is 14.6. The van der Waals surface area contributed by atoms with Crippen LogP contribution in [0.5, 0.6) is 0 Å². The van der Waals surface area contributed by atoms with Crippen molar-refractivity contribution in [2.24, 2.45) is 0 Å². The average Bonchev–Trinajstić information content (AvgIpc) is 1.87. The first-order chi connectivity index (χ1) is 4.95. The van der Waals surface area contributed by atoms with E-state index < -0.39 is 22.4 Å². The molecule has 0 aliphatic carbocycles. The summed E-state index contributed by atoms with van der Waals surface area (Å²) in [6, 6.07) is 0. The van der Waals surface area contributed by atoms with E-state index >= 15 is 0 Å². The fourth-order valence-corrected chi connectivity index (χ4v) is 1.25. The van der Waals surface area contributed by atoms with Crippen molar-refractivity contribution in [3.8, 4) is 0 Å². The largest absolute Gasteiger partial charge is 2.00 e. The van der Waals surface area contributed by atoms with Crippen LogP contribution in [-0.4, -0.2) is 45.5 Å². The van der Waals surface area contributed by atoms with Crippen LogP contribution < -0.4 is 10.2 Å². The van der Waals surface area contributed by atoms with Crippen molar-refractivity contribution in [2.45, 2.75) is 24.3 Å². The molecular weight excluding hydrogens is 192 g/mol. The molecule has 0 amide bonds. The van der Waals surface area contributed by atoms with Gasteiger partial charge in [-0.05, 0) is 13.8 Å². The van der Waals surface area contributed by atoms with E-state index in [9.17, 15) is 19.8 Å². The van der Waals surface area contributed by atoms with Crippen LogP contribution in [-0.2, 0) is 9.59 Å². The summed E-state index contributed by atoms with van der Waals surface area (Å²) in [6.45, 7) is 2.75. The van der Waals surface area contributed by atoms with Gasteiger partial charge in [0.1, 0.15) is 0 Å². The van der Waals surface area contributed by atoms with Crippen LogP contribution in [0, 0.1) is 0 Å². The topological polar surface area (TPSA) is 80.3 Å². The van der Waals surface area contributed by atoms with Gasteiger partial charge in [0.25, 0.3) is 0 Å². The van der Waals surface area contributed by atoms with Gasteiger partial charge in [0.15, 0.2) is 0 Å². The van der Waals surface area contributed by atoms with E-state index in [-0.39, 0.29) is 23.1 Å². The Bertz CT molecular complexity index is 155. The first-order valence-electron chi connectivity index (χ1n) is 3.02. The van der Waals surface area contributed by atoms with Crippen molar-refractivity contribution < 1.29 is 19.8 Å². The molecule has 0 aliphatic rings. The van der Waals surface area contributed by atoms with Crippen LogP contribution in [0.2, 0.25) is 0 Å². The van der Waals surface area contributed by atoms with Gasteiger partial charge in [0.05, 0.1) is 11.9 Å². The molecule has 12 heavy (non-hydrogen) atoms. The van der Waals surface area contributed by atoms with Gasteiger partial charge < -0.3 is 19.8 Å². The van der Waals surface area contributed by atoms with E-state index in [2.05, 4.69) is 0 Å². The molecule has 64 valence electrons. The zero-order chi connectivity index (χ0) is 9.02. The number of carbonyl (C=O) groups excluding carboxylic acids is 2. The zero-order valence-electron chi connectivity index (χ0n) is 6.90. The summed E-state index contributed by atoms with van der Waals surface area (Å²) in [5.74, 6) is -2.52. The summed E-state index contributed by atoms with van der Waals surface area (Å²) < 4.78 is 0. The summed E-state index contributed by atoms with van der Waals surface area (Å²) in [7, 11) is 0. The number of carboxylic acids is 2. The number of hydrogen-bond donors (Lipinski definition) is 0. The predicted molar refractivity (Wildman–Crippen MR) is 42.3 cm³/mol. The van der Waals surface area contributed by atoms with Crippen LogP contribution in [0.4, 0.5) is 0 Å². The molecule has 6 heteroatoms. The Labute approximate surface area is 90.9 Å². The Morgan fingerprint density at radius 1 is 1.08 bits per heavy atom. The monoisotopic (exact) mass is 200 g/mol. The molecule has 0 saturated heterocycles. The van der Waals surface area contributed by atoms with Gasteiger partial charge in [0.2, 0.25) is 0 Å². The maximum atomic E-state index is 10.1. The minimum Gasteiger partial charge on any atom is -0.549 e. The van der Waals surface area contributed by atoms with Gasteiger partial charge in [-0.2, -0.15) is 0 Å². The Kier molecular flexibility index (Phi) is 7.97. The fraction of sp³-hybridized carbons (Fsp3) is 0.667. The van der Waals surface area contributed by atoms with Crippen molar-refractivity contribution in [1.29, 1.82) is 0 Å². The molecule has 0 saturated carbocycles. The predicted octanol–water partition coefficient (Wildman–Crippen LogP) is -2.38. The third kappa shape index (κ3) is 5.67. The second kappa shape index (κ2) is 6.56. The van der Waals surface area contributed by atoms with E-state index in [1.807, 2.05) is 0 Å². The smallest absolute Gasteiger partial charge is 0.549 e. The maximum absolute atomic E-state index is 10.1. The van der Waals surface area contributed by atoms with Gasteiger partial charge in [-0.1, -0.05) is 0 Å². The Morgan fingerprint density at radius 3 is 1.50 bits per heavy atom. The molecule has 0 bridgehead atoms. The molecule has 0 spiro atoms. The number of carbonyl (C=O) groups is 2. The van der Waals surface area contributed by atoms with Gasteiger partial charge in [-0.15, -0.1) is 11.8 Å². The summed E-state index contributed by atoms with van der Waals surface area (Å²) in [5.41, 5.74) is 0. The minimum atomic E-state index is -1.26. The molecule has 0 rings (SSSR count). The first-order valence-corrected chi connectivity index (χ1v) is 3.96. The van der Waals surface area contributed by atoms with Crippen molar-refractivity contribution >= 4 is 46.8 Å². The molecule has 0 aromatic heterocycles. The SMILES string of the molecule is CC(SC(C)C(=O)[O-])C(=O)[O-].[Mg+2]. The number of thioether (sulfide) groups is 1. The van der Waals surface area contributed by atoms with E-state index in [1.54, 1.807) is 0 Å². The van der Waals surface area contributed by atoms with Gasteiger partial charge in [-0.25, -0.2) is 0 Å². The second-order valence-corrected chi connectivity index (χ2v) is 3.74. The summed E-state index contributed by atoms with van der Waals surface area (Å²) in [6.07, 6.45) is 0. The van der Waals surface area contributed by atoms with Crippen LogP contribution >= 0.6 is 11.8 Å². The van der Waals surface area contributed by atoms with Crippen LogP contribution in [0.15, 0.2) is 0 Å². The molecule has 0 fully saturated rings. The van der Waals surface area contributed by atoms with Crippen LogP contribution in [0.3, 0.4) is 0 Å². The average molecular weight is 200 g/mol. The number of rotatable bonds is 4. The summed E-state index contributed by atoms with van der Waals surface area (Å²) in [5, 5.41) is 18.6. The van der Waals surface area contributed by atoms with E-state index in [4.69, 9.17) is 0 Å². The quantitative estimate of drug-likeness (QED) is 0.473. The van der Waals surface area contributed by atoms with Crippen LogP contribution in [0.1, 0.15) is 13.8 Å². The number of hydrogen-bond acceptors (Lipinski definition) is 5. The molecule has 0 N–H and O–H groups in total. The standard InChI is InChI=1S/C6H10O4S.Mg/c1-3(5(7)8)11-4(2)6(9)10;/h3-4H,1-2H3,(H,7,8)(H,9,10);/q;+2/p-2. The summed E-state index contributed by atoms with van der Waals surface area (Å²) >= 11 is 0.792. The third-order valence-corrected chi connectivity index (χ3v) is 2.27. The van der Waals surface area contributed by atoms with Gasteiger partial charge in [0, 0.05) is 10.5 Å². The molecule has 0 aliphatic heterocycles.